The number of nitro benzene ring substituents is 1. The Bertz CT molecular complexity index is 906. The minimum Gasteiger partial charge on any atom is -0.268 e. The number of amides is 2. The van der Waals surface area contributed by atoms with E-state index >= 15 is 0 Å². The summed E-state index contributed by atoms with van der Waals surface area (Å²) in [6.45, 7) is 0. The van der Waals surface area contributed by atoms with E-state index in [4.69, 9.17) is 0 Å². The second-order valence-electron chi connectivity index (χ2n) is 5.09. The fourth-order valence-corrected chi connectivity index (χ4v) is 3.06. The Morgan fingerprint density at radius 1 is 1.04 bits per heavy atom. The van der Waals surface area contributed by atoms with Crippen LogP contribution in [0.5, 0.6) is 0 Å². The molecule has 3 rings (SSSR count). The Kier molecular flexibility index (Phi) is 4.76. The Morgan fingerprint density at radius 2 is 1.80 bits per heavy atom. The number of para-hydroxylation sites is 1. The minimum atomic E-state index is -0.470. The average molecular weight is 352 g/mol. The summed E-state index contributed by atoms with van der Waals surface area (Å²) < 4.78 is 0. The molecule has 1 aliphatic rings. The predicted octanol–water partition coefficient (Wildman–Crippen LogP) is 4.39. The summed E-state index contributed by atoms with van der Waals surface area (Å²) >= 11 is 0.859. The van der Waals surface area contributed by atoms with Crippen LogP contribution in [0.15, 0.2) is 71.7 Å². The first-order valence-corrected chi connectivity index (χ1v) is 8.12. The van der Waals surface area contributed by atoms with Crippen LogP contribution in [0.2, 0.25) is 0 Å². The summed E-state index contributed by atoms with van der Waals surface area (Å²) in [7, 11) is 0. The fourth-order valence-electron chi connectivity index (χ4n) is 2.27. The number of benzene rings is 2. The number of hydrogen-bond donors (Lipinski definition) is 0. The number of nitrogens with zero attached hydrogens (tertiary/aromatic N) is 2. The molecule has 0 aromatic heterocycles. The molecule has 124 valence electrons. The summed E-state index contributed by atoms with van der Waals surface area (Å²) in [6.07, 6.45) is 4.78. The first-order valence-electron chi connectivity index (χ1n) is 7.30. The second-order valence-corrected chi connectivity index (χ2v) is 6.08. The van der Waals surface area contributed by atoms with Crippen LogP contribution in [-0.4, -0.2) is 16.1 Å². The van der Waals surface area contributed by atoms with Crippen molar-refractivity contribution < 1.29 is 14.5 Å². The van der Waals surface area contributed by atoms with Crippen molar-refractivity contribution in [2.24, 2.45) is 0 Å². The van der Waals surface area contributed by atoms with E-state index < -0.39 is 4.92 Å². The van der Waals surface area contributed by atoms with Gasteiger partial charge in [-0.25, -0.2) is 4.90 Å². The van der Waals surface area contributed by atoms with Crippen LogP contribution in [0.25, 0.3) is 6.08 Å². The van der Waals surface area contributed by atoms with Crippen molar-refractivity contribution >= 4 is 40.4 Å². The first kappa shape index (κ1) is 16.7. The molecule has 2 aromatic rings. The van der Waals surface area contributed by atoms with Crippen LogP contribution < -0.4 is 4.90 Å². The number of allylic oxidation sites excluding steroid dienone is 2. The van der Waals surface area contributed by atoms with Gasteiger partial charge in [0, 0.05) is 12.1 Å². The Morgan fingerprint density at radius 3 is 2.52 bits per heavy atom. The lowest BCUT2D eigenvalue weighted by molar-refractivity contribution is -0.384. The second kappa shape index (κ2) is 7.14. The number of nitro groups is 1. The number of anilines is 1. The van der Waals surface area contributed by atoms with Crippen molar-refractivity contribution in [2.75, 3.05) is 4.90 Å². The van der Waals surface area contributed by atoms with Gasteiger partial charge in [-0.3, -0.25) is 19.7 Å². The highest BCUT2D eigenvalue weighted by Crippen LogP contribution is 2.34. The molecule has 6 nitrogen and oxygen atoms in total. The highest BCUT2D eigenvalue weighted by Gasteiger charge is 2.35. The van der Waals surface area contributed by atoms with E-state index in [-0.39, 0.29) is 16.8 Å². The van der Waals surface area contributed by atoms with Crippen molar-refractivity contribution in [1.29, 1.82) is 0 Å². The summed E-state index contributed by atoms with van der Waals surface area (Å²) in [6, 6.07) is 14.8. The standard InChI is InChI=1S/C18H12N2O4S/c21-17-16(25-18(22)19(17)14-8-2-1-3-9-14)11-5-7-13-6-4-10-15(12-13)20(23)24/h1-12H/b7-5+,16-11+. The monoisotopic (exact) mass is 352 g/mol. The topological polar surface area (TPSA) is 80.5 Å². The lowest BCUT2D eigenvalue weighted by Gasteiger charge is -2.11. The molecule has 0 atom stereocenters. The lowest BCUT2D eigenvalue weighted by Crippen LogP contribution is -2.27. The third kappa shape index (κ3) is 3.67. The van der Waals surface area contributed by atoms with Crippen molar-refractivity contribution in [2.45, 2.75) is 0 Å². The third-order valence-corrected chi connectivity index (χ3v) is 4.31. The molecular formula is C18H12N2O4S. The van der Waals surface area contributed by atoms with Gasteiger partial charge in [0.25, 0.3) is 16.8 Å². The quantitative estimate of drug-likeness (QED) is 0.463. The van der Waals surface area contributed by atoms with Gasteiger partial charge in [-0.2, -0.15) is 0 Å². The molecule has 1 saturated heterocycles. The highest BCUT2D eigenvalue weighted by molar-refractivity contribution is 8.18. The summed E-state index contributed by atoms with van der Waals surface area (Å²) in [5.41, 5.74) is 1.15. The number of non-ortho nitro benzene ring substituents is 1. The van der Waals surface area contributed by atoms with Gasteiger partial charge < -0.3 is 0 Å². The van der Waals surface area contributed by atoms with Gasteiger partial charge in [0.05, 0.1) is 15.5 Å². The molecule has 0 radical (unpaired) electrons. The summed E-state index contributed by atoms with van der Waals surface area (Å²) in [4.78, 5) is 36.2. The number of carbonyl (C=O) groups excluding carboxylic acids is 2. The molecular weight excluding hydrogens is 340 g/mol. The molecule has 1 aliphatic heterocycles. The van der Waals surface area contributed by atoms with Gasteiger partial charge in [-0.1, -0.05) is 42.5 Å². The third-order valence-electron chi connectivity index (χ3n) is 3.43. The van der Waals surface area contributed by atoms with Crippen LogP contribution in [0, 0.1) is 10.1 Å². The predicted molar refractivity (Wildman–Crippen MR) is 97.1 cm³/mol. The zero-order chi connectivity index (χ0) is 17.8. The maximum Gasteiger partial charge on any atom is 0.298 e. The van der Waals surface area contributed by atoms with E-state index in [1.54, 1.807) is 54.6 Å². The number of imide groups is 1. The van der Waals surface area contributed by atoms with Crippen LogP contribution in [0.1, 0.15) is 5.56 Å². The molecule has 1 heterocycles. The maximum absolute atomic E-state index is 12.4. The zero-order valence-electron chi connectivity index (χ0n) is 12.9. The van der Waals surface area contributed by atoms with Crippen molar-refractivity contribution in [1.82, 2.24) is 0 Å². The molecule has 2 amide bonds. The average Bonchev–Trinajstić information content (AvgIpc) is 2.90. The van der Waals surface area contributed by atoms with Crippen LogP contribution in [0.4, 0.5) is 16.2 Å². The van der Waals surface area contributed by atoms with Crippen molar-refractivity contribution in [3.8, 4) is 0 Å². The molecule has 0 N–H and O–H groups in total. The van der Waals surface area contributed by atoms with Crippen molar-refractivity contribution in [3.05, 3.63) is 87.3 Å². The van der Waals surface area contributed by atoms with E-state index in [0.29, 0.717) is 16.2 Å². The van der Waals surface area contributed by atoms with E-state index in [0.717, 1.165) is 16.7 Å². The van der Waals surface area contributed by atoms with Gasteiger partial charge in [0.15, 0.2) is 0 Å². The molecule has 0 saturated carbocycles. The maximum atomic E-state index is 12.4. The molecule has 0 bridgehead atoms. The van der Waals surface area contributed by atoms with Crippen LogP contribution in [-0.2, 0) is 4.79 Å². The zero-order valence-corrected chi connectivity index (χ0v) is 13.7. The van der Waals surface area contributed by atoms with Crippen LogP contribution in [0.3, 0.4) is 0 Å². The first-order chi connectivity index (χ1) is 12.1. The van der Waals surface area contributed by atoms with Gasteiger partial charge in [0.1, 0.15) is 0 Å². The van der Waals surface area contributed by atoms with E-state index in [9.17, 15) is 19.7 Å². The Labute approximate surface area is 147 Å². The van der Waals surface area contributed by atoms with Gasteiger partial charge >= 0.3 is 0 Å². The van der Waals surface area contributed by atoms with E-state index in [2.05, 4.69) is 0 Å². The number of rotatable bonds is 4. The number of carbonyl (C=O) groups is 2. The number of hydrogen-bond acceptors (Lipinski definition) is 5. The molecule has 2 aromatic carbocycles. The lowest BCUT2D eigenvalue weighted by atomic mass is 10.2. The normalized spacial score (nSPS) is 16.2. The Balaban J connectivity index is 1.79. The fraction of sp³-hybridized carbons (Fsp3) is 0. The SMILES string of the molecule is O=C1S/C(=C/C=C/c2cccc([N+](=O)[O-])c2)C(=O)N1c1ccccc1. The van der Waals surface area contributed by atoms with Gasteiger partial charge in [-0.05, 0) is 35.5 Å². The van der Waals surface area contributed by atoms with E-state index in [1.807, 2.05) is 0 Å². The smallest absolute Gasteiger partial charge is 0.268 e. The molecule has 25 heavy (non-hydrogen) atoms. The minimum absolute atomic E-state index is 0.00782. The molecule has 7 heteroatoms. The summed E-state index contributed by atoms with van der Waals surface area (Å²) in [5, 5.41) is 10.4. The molecule has 0 unspecified atom stereocenters. The van der Waals surface area contributed by atoms with Gasteiger partial charge in [0.2, 0.25) is 0 Å². The molecule has 0 spiro atoms. The summed E-state index contributed by atoms with van der Waals surface area (Å²) in [5.74, 6) is -0.384. The highest BCUT2D eigenvalue weighted by atomic mass is 32.2. The van der Waals surface area contributed by atoms with Crippen molar-refractivity contribution in [3.63, 3.8) is 0 Å². The molecule has 0 aliphatic carbocycles. The number of thioether (sulfide) groups is 1. The molecule has 1 fully saturated rings. The van der Waals surface area contributed by atoms with Crippen LogP contribution >= 0.6 is 11.8 Å². The van der Waals surface area contributed by atoms with Gasteiger partial charge in [-0.15, -0.1) is 0 Å². The van der Waals surface area contributed by atoms with E-state index in [1.165, 1.54) is 18.2 Å². The Hall–Kier alpha value is -3.19. The largest absolute Gasteiger partial charge is 0.298 e.